The summed E-state index contributed by atoms with van der Waals surface area (Å²) in [5.41, 5.74) is 0. The normalized spacial score (nSPS) is 12.0. The molecule has 0 heterocycles. The van der Waals surface area contributed by atoms with Gasteiger partial charge in [0.1, 0.15) is 0 Å². The zero-order valence-corrected chi connectivity index (χ0v) is 12.4. The molecule has 0 saturated carbocycles. The quantitative estimate of drug-likeness (QED) is 0.760. The van der Waals surface area contributed by atoms with E-state index in [1.165, 1.54) is 0 Å². The summed E-state index contributed by atoms with van der Waals surface area (Å²) < 4.78 is 24.0. The number of rotatable bonds is 6. The molecule has 0 amide bonds. The maximum Gasteiger partial charge on any atom is 0.377 e. The minimum Gasteiger partial charge on any atom is -0.0681 e. The summed E-state index contributed by atoms with van der Waals surface area (Å²) in [5, 5.41) is 1.76. The molecule has 0 bridgehead atoms. The largest absolute Gasteiger partial charge is 0.377 e. The van der Waals surface area contributed by atoms with Crippen LogP contribution in [0.5, 0.6) is 0 Å². The molecule has 19 heavy (non-hydrogen) atoms. The number of benzene rings is 2. The Morgan fingerprint density at radius 3 is 1.37 bits per heavy atom. The van der Waals surface area contributed by atoms with Crippen LogP contribution in [-0.4, -0.2) is 12.3 Å². The summed E-state index contributed by atoms with van der Waals surface area (Å²) in [6.45, 7) is 0. The third kappa shape index (κ3) is 4.35. The highest BCUT2D eigenvalue weighted by molar-refractivity contribution is 7.54. The lowest BCUT2D eigenvalue weighted by Crippen LogP contribution is -2.00. The molecule has 2 aromatic carbocycles. The van der Waals surface area contributed by atoms with E-state index >= 15 is 0 Å². The Morgan fingerprint density at radius 1 is 0.632 bits per heavy atom. The van der Waals surface area contributed by atoms with Crippen molar-refractivity contribution in [2.75, 3.05) is 12.3 Å². The predicted molar refractivity (Wildman–Crippen MR) is 81.7 cm³/mol. The Hall–Kier alpha value is -1.36. The summed E-state index contributed by atoms with van der Waals surface area (Å²) in [5.74, 6) is 0. The topological polar surface area (TPSA) is 34.1 Å². The Morgan fingerprint density at radius 2 is 1.00 bits per heavy atom. The van der Waals surface area contributed by atoms with Gasteiger partial charge in [-0.15, -0.1) is 0 Å². The molecule has 2 atom stereocenters. The van der Waals surface area contributed by atoms with Crippen molar-refractivity contribution in [1.29, 1.82) is 0 Å². The molecule has 0 radical (unpaired) electrons. The van der Waals surface area contributed by atoms with E-state index in [0.717, 1.165) is 17.0 Å². The number of hydrogen-bond donors (Lipinski definition) is 0. The van der Waals surface area contributed by atoms with Crippen LogP contribution in [-0.2, 0) is 9.13 Å². The Kier molecular flexibility index (Phi) is 5.39. The van der Waals surface area contributed by atoms with E-state index in [2.05, 4.69) is 0 Å². The molecule has 2 nitrogen and oxygen atoms in total. The fraction of sp³-hybridized carbons (Fsp3) is 0.200. The van der Waals surface area contributed by atoms with Gasteiger partial charge in [-0.3, -0.25) is 0 Å². The van der Waals surface area contributed by atoms with Gasteiger partial charge in [0, 0.05) is 6.42 Å². The molecule has 4 heteroatoms. The van der Waals surface area contributed by atoms with Crippen molar-refractivity contribution in [2.45, 2.75) is 6.42 Å². The van der Waals surface area contributed by atoms with E-state index < -0.39 is 15.6 Å². The molecule has 0 aliphatic carbocycles. The first kappa shape index (κ1) is 14.1. The van der Waals surface area contributed by atoms with Gasteiger partial charge in [0.05, 0.1) is 0 Å². The van der Waals surface area contributed by atoms with Crippen LogP contribution in [0, 0.1) is 0 Å². The van der Waals surface area contributed by atoms with Gasteiger partial charge in [-0.2, -0.15) is 0 Å². The van der Waals surface area contributed by atoms with Crippen LogP contribution in [0.4, 0.5) is 0 Å². The fourth-order valence-corrected chi connectivity index (χ4v) is 4.47. The molecule has 0 aliphatic rings. The van der Waals surface area contributed by atoms with Crippen molar-refractivity contribution in [3.05, 3.63) is 60.7 Å². The van der Waals surface area contributed by atoms with Crippen molar-refractivity contribution in [2.24, 2.45) is 0 Å². The molecule has 0 fully saturated rings. The van der Waals surface area contributed by atoms with Gasteiger partial charge in [-0.1, -0.05) is 45.5 Å². The van der Waals surface area contributed by atoms with E-state index in [-0.39, 0.29) is 0 Å². The van der Waals surface area contributed by atoms with Crippen LogP contribution in [0.15, 0.2) is 60.7 Å². The SMILES string of the molecule is O=[P+](CCC[P+](=O)c1ccccc1)c1ccccc1. The molecular formula is C15H16O2P2+2. The van der Waals surface area contributed by atoms with E-state index in [9.17, 15) is 9.13 Å². The first-order valence-corrected chi connectivity index (χ1v) is 9.16. The van der Waals surface area contributed by atoms with Crippen LogP contribution >= 0.6 is 15.6 Å². The molecule has 2 unspecified atom stereocenters. The third-order valence-electron chi connectivity index (χ3n) is 2.81. The molecule has 96 valence electrons. The summed E-state index contributed by atoms with van der Waals surface area (Å²) in [7, 11) is -2.71. The van der Waals surface area contributed by atoms with Crippen LogP contribution in [0.2, 0.25) is 0 Å². The van der Waals surface area contributed by atoms with Crippen molar-refractivity contribution in [3.63, 3.8) is 0 Å². The van der Waals surface area contributed by atoms with Crippen molar-refractivity contribution in [3.8, 4) is 0 Å². The summed E-state index contributed by atoms with van der Waals surface area (Å²) >= 11 is 0. The predicted octanol–water partition coefficient (Wildman–Crippen LogP) is 3.68. The monoisotopic (exact) mass is 290 g/mol. The van der Waals surface area contributed by atoms with Gasteiger partial charge in [-0.05, 0) is 24.3 Å². The molecule has 0 N–H and O–H groups in total. The lowest BCUT2D eigenvalue weighted by atomic mass is 10.4. The van der Waals surface area contributed by atoms with Gasteiger partial charge in [-0.25, -0.2) is 0 Å². The third-order valence-corrected chi connectivity index (χ3v) is 6.00. The second-order valence-corrected chi connectivity index (χ2v) is 7.67. The second-order valence-electron chi connectivity index (χ2n) is 4.23. The summed E-state index contributed by atoms with van der Waals surface area (Å²) in [6.07, 6.45) is 1.94. The summed E-state index contributed by atoms with van der Waals surface area (Å²) in [6, 6.07) is 19.0. The van der Waals surface area contributed by atoms with E-state index in [1.54, 1.807) is 0 Å². The van der Waals surface area contributed by atoms with Crippen molar-refractivity contribution < 1.29 is 9.13 Å². The van der Waals surface area contributed by atoms with E-state index in [4.69, 9.17) is 0 Å². The van der Waals surface area contributed by atoms with E-state index in [0.29, 0.717) is 12.3 Å². The standard InChI is InChI=1S/C15H16O2P2/c16-18(14-8-3-1-4-9-14)12-7-13-19(17)15-10-5-2-6-11-15/h1-6,8-11H,7,12-13H2/q+2. The smallest absolute Gasteiger partial charge is 0.0681 e. The Balaban J connectivity index is 1.81. The molecule has 0 saturated heterocycles. The molecular weight excluding hydrogens is 274 g/mol. The zero-order valence-electron chi connectivity index (χ0n) is 10.6. The highest BCUT2D eigenvalue weighted by Gasteiger charge is 2.23. The Bertz CT molecular complexity index is 501. The van der Waals surface area contributed by atoms with Crippen molar-refractivity contribution >= 4 is 26.2 Å². The first-order chi connectivity index (χ1) is 9.27. The average molecular weight is 290 g/mol. The van der Waals surface area contributed by atoms with Crippen LogP contribution in [0.3, 0.4) is 0 Å². The molecule has 0 aliphatic heterocycles. The minimum absolute atomic E-state index is 0.604. The zero-order chi connectivity index (χ0) is 13.5. The maximum atomic E-state index is 12.0. The Labute approximate surface area is 115 Å². The lowest BCUT2D eigenvalue weighted by Gasteiger charge is -1.88. The van der Waals surface area contributed by atoms with Gasteiger partial charge >= 0.3 is 15.6 Å². The fourth-order valence-electron chi connectivity index (χ4n) is 1.80. The maximum absolute atomic E-state index is 12.0. The van der Waals surface area contributed by atoms with Gasteiger partial charge in [0.25, 0.3) is 0 Å². The highest BCUT2D eigenvalue weighted by Crippen LogP contribution is 2.26. The second kappa shape index (κ2) is 7.28. The van der Waals surface area contributed by atoms with Crippen LogP contribution in [0.25, 0.3) is 0 Å². The molecule has 0 aromatic heterocycles. The van der Waals surface area contributed by atoms with Gasteiger partial charge < -0.3 is 0 Å². The molecule has 2 aromatic rings. The molecule has 0 spiro atoms. The average Bonchev–Trinajstić information content (AvgIpc) is 2.49. The van der Waals surface area contributed by atoms with Gasteiger partial charge in [0.15, 0.2) is 22.9 Å². The van der Waals surface area contributed by atoms with Crippen LogP contribution < -0.4 is 10.6 Å². The first-order valence-electron chi connectivity index (χ1n) is 6.27. The lowest BCUT2D eigenvalue weighted by molar-refractivity contribution is 0.589. The highest BCUT2D eigenvalue weighted by atomic mass is 31.1. The summed E-state index contributed by atoms with van der Waals surface area (Å²) in [4.78, 5) is 0. The number of hydrogen-bond acceptors (Lipinski definition) is 2. The van der Waals surface area contributed by atoms with Crippen LogP contribution in [0.1, 0.15) is 6.42 Å². The van der Waals surface area contributed by atoms with Crippen molar-refractivity contribution in [1.82, 2.24) is 0 Å². The minimum atomic E-state index is -1.35. The van der Waals surface area contributed by atoms with E-state index in [1.807, 2.05) is 60.7 Å². The molecule has 2 rings (SSSR count). The van der Waals surface area contributed by atoms with Gasteiger partial charge in [0.2, 0.25) is 0 Å².